The number of nitrogens with zero attached hydrogens (tertiary/aromatic N) is 3. The Morgan fingerprint density at radius 2 is 2.11 bits per heavy atom. The molecular formula is C17H17N5O6. The van der Waals surface area contributed by atoms with Gasteiger partial charge in [-0.3, -0.25) is 29.1 Å². The lowest BCUT2D eigenvalue weighted by molar-refractivity contribution is -0.384. The maximum Gasteiger partial charge on any atom is 0.326 e. The van der Waals surface area contributed by atoms with Crippen LogP contribution in [0.4, 0.5) is 5.69 Å². The Labute approximate surface area is 157 Å². The van der Waals surface area contributed by atoms with Crippen LogP contribution >= 0.6 is 0 Å². The van der Waals surface area contributed by atoms with Crippen molar-refractivity contribution in [2.24, 2.45) is 5.73 Å². The van der Waals surface area contributed by atoms with Gasteiger partial charge in [-0.15, -0.1) is 0 Å². The lowest BCUT2D eigenvalue weighted by Crippen LogP contribution is -2.38. The number of esters is 1. The normalized spacial score (nSPS) is 10.9. The number of nitrogens with two attached hydrogens (primary N) is 1. The number of fused-ring (bicyclic) bond motifs is 1. The lowest BCUT2D eigenvalue weighted by Gasteiger charge is -2.12. The first-order valence-electron chi connectivity index (χ1n) is 8.34. The van der Waals surface area contributed by atoms with E-state index < -0.39 is 28.6 Å². The molecule has 0 aliphatic heterocycles. The summed E-state index contributed by atoms with van der Waals surface area (Å²) in [6.45, 7) is 1.47. The van der Waals surface area contributed by atoms with Crippen LogP contribution in [-0.2, 0) is 22.6 Å². The van der Waals surface area contributed by atoms with Crippen LogP contribution in [0.25, 0.3) is 16.7 Å². The van der Waals surface area contributed by atoms with Gasteiger partial charge >= 0.3 is 17.1 Å². The third-order valence-electron chi connectivity index (χ3n) is 4.13. The number of hydrogen-bond donors (Lipinski definition) is 2. The summed E-state index contributed by atoms with van der Waals surface area (Å²) in [7, 11) is 0. The van der Waals surface area contributed by atoms with Crippen molar-refractivity contribution < 1.29 is 14.5 Å². The summed E-state index contributed by atoms with van der Waals surface area (Å²) in [6.07, 6.45) is 3.21. The smallest absolute Gasteiger partial charge is 0.326 e. The molecular weight excluding hydrogens is 370 g/mol. The molecule has 0 saturated heterocycles. The molecule has 0 aliphatic rings. The highest BCUT2D eigenvalue weighted by atomic mass is 16.6. The van der Waals surface area contributed by atoms with E-state index >= 15 is 0 Å². The first-order valence-corrected chi connectivity index (χ1v) is 8.34. The second-order valence-electron chi connectivity index (χ2n) is 5.90. The zero-order chi connectivity index (χ0) is 20.4. The van der Waals surface area contributed by atoms with Crippen LogP contribution in [0.15, 0.2) is 40.2 Å². The number of nitro groups is 1. The Bertz CT molecular complexity index is 1190. The van der Waals surface area contributed by atoms with Crippen molar-refractivity contribution in [1.29, 1.82) is 0 Å². The quantitative estimate of drug-likeness (QED) is 0.268. The highest BCUT2D eigenvalue weighted by Gasteiger charge is 2.21. The summed E-state index contributed by atoms with van der Waals surface area (Å²) < 4.78 is 7.27. The largest absolute Gasteiger partial charge is 0.465 e. The van der Waals surface area contributed by atoms with Gasteiger partial charge in [0.15, 0.2) is 0 Å². The average Bonchev–Trinajstić information content (AvgIpc) is 3.13. The molecule has 0 radical (unpaired) electrons. The minimum atomic E-state index is -0.995. The third kappa shape index (κ3) is 3.42. The summed E-state index contributed by atoms with van der Waals surface area (Å²) in [5, 5.41) is 11.5. The number of benzene rings is 1. The minimum absolute atomic E-state index is 0.0514. The summed E-state index contributed by atoms with van der Waals surface area (Å²) in [4.78, 5) is 49.4. The van der Waals surface area contributed by atoms with Crippen molar-refractivity contribution >= 4 is 22.7 Å². The molecule has 1 aromatic carbocycles. The second kappa shape index (κ2) is 7.48. The zero-order valence-electron chi connectivity index (χ0n) is 14.9. The van der Waals surface area contributed by atoms with E-state index in [1.54, 1.807) is 25.4 Å². The molecule has 0 saturated carbocycles. The Morgan fingerprint density at radius 1 is 1.36 bits per heavy atom. The number of carbonyl (C=O) groups excluding carboxylic acids is 1. The molecule has 146 valence electrons. The van der Waals surface area contributed by atoms with Gasteiger partial charge in [0, 0.05) is 25.0 Å². The van der Waals surface area contributed by atoms with E-state index in [0.717, 1.165) is 16.2 Å². The van der Waals surface area contributed by atoms with E-state index in [2.05, 4.69) is 4.98 Å². The summed E-state index contributed by atoms with van der Waals surface area (Å²) in [5.74, 6) is -0.706. The van der Waals surface area contributed by atoms with Gasteiger partial charge in [0.1, 0.15) is 12.2 Å². The number of hydrogen-bond acceptors (Lipinski definition) is 7. The fraction of sp³-hybridized carbons (Fsp3) is 0.235. The molecule has 0 fully saturated rings. The number of aromatic nitrogens is 3. The van der Waals surface area contributed by atoms with E-state index in [1.807, 2.05) is 0 Å². The van der Waals surface area contributed by atoms with Crippen molar-refractivity contribution in [3.63, 3.8) is 0 Å². The highest BCUT2D eigenvalue weighted by Crippen LogP contribution is 2.28. The van der Waals surface area contributed by atoms with Crippen molar-refractivity contribution in [1.82, 2.24) is 14.1 Å². The van der Waals surface area contributed by atoms with Gasteiger partial charge < -0.3 is 20.0 Å². The fourth-order valence-corrected chi connectivity index (χ4v) is 2.85. The third-order valence-corrected chi connectivity index (χ3v) is 4.13. The molecule has 0 aliphatic carbocycles. The standard InChI is InChI=1S/C17H17N5O6/c1-2-28-15(23)9-21-12-6-13(20-4-3-10(7-18)8-20)14(22(26)27)5-11(12)19-16(24)17(21)25/h3-6,8H,2,7,9,18H2,1H3,(H,19,24). The Hall–Kier alpha value is -3.73. The highest BCUT2D eigenvalue weighted by molar-refractivity contribution is 5.83. The maximum atomic E-state index is 12.3. The van der Waals surface area contributed by atoms with E-state index in [4.69, 9.17) is 10.5 Å². The number of rotatable bonds is 6. The summed E-state index contributed by atoms with van der Waals surface area (Å²) in [6, 6.07) is 4.21. The zero-order valence-corrected chi connectivity index (χ0v) is 14.9. The monoisotopic (exact) mass is 387 g/mol. The molecule has 0 amide bonds. The predicted molar refractivity (Wildman–Crippen MR) is 99.3 cm³/mol. The Kier molecular flexibility index (Phi) is 5.09. The van der Waals surface area contributed by atoms with Crippen molar-refractivity contribution in [2.45, 2.75) is 20.0 Å². The van der Waals surface area contributed by atoms with Crippen LogP contribution in [0.2, 0.25) is 0 Å². The molecule has 0 unspecified atom stereocenters. The fourth-order valence-electron chi connectivity index (χ4n) is 2.85. The molecule has 11 heteroatoms. The first-order chi connectivity index (χ1) is 13.3. The molecule has 0 spiro atoms. The van der Waals surface area contributed by atoms with Gasteiger partial charge in [-0.2, -0.15) is 0 Å². The molecule has 3 rings (SSSR count). The van der Waals surface area contributed by atoms with Gasteiger partial charge in [-0.1, -0.05) is 0 Å². The SMILES string of the molecule is CCOC(=O)Cn1c(=O)c(=O)[nH]c2cc([N+](=O)[O-])c(-n3ccc(CN)c3)cc21. The predicted octanol–water partition coefficient (Wildman–Crippen LogP) is 0.411. The van der Waals surface area contributed by atoms with Crippen LogP contribution in [0.3, 0.4) is 0 Å². The van der Waals surface area contributed by atoms with Crippen molar-refractivity contribution in [3.8, 4) is 5.69 Å². The molecule has 2 aromatic heterocycles. The number of ether oxygens (including phenoxy) is 1. The lowest BCUT2D eigenvalue weighted by atomic mass is 10.2. The number of carbonyl (C=O) groups is 1. The van der Waals surface area contributed by atoms with Crippen molar-refractivity contribution in [2.75, 3.05) is 6.61 Å². The van der Waals surface area contributed by atoms with Gasteiger partial charge in [0.05, 0.1) is 22.6 Å². The number of nitrogens with one attached hydrogen (secondary N) is 1. The van der Waals surface area contributed by atoms with Gasteiger partial charge in [0.25, 0.3) is 5.69 Å². The molecule has 0 bridgehead atoms. The Balaban J connectivity index is 2.31. The maximum absolute atomic E-state index is 12.3. The second-order valence-corrected chi connectivity index (χ2v) is 5.90. The van der Waals surface area contributed by atoms with Gasteiger partial charge in [-0.25, -0.2) is 0 Å². The molecule has 11 nitrogen and oxygen atoms in total. The van der Waals surface area contributed by atoms with E-state index in [0.29, 0.717) is 0 Å². The van der Waals surface area contributed by atoms with Crippen LogP contribution in [0.5, 0.6) is 0 Å². The number of aromatic amines is 1. The van der Waals surface area contributed by atoms with Gasteiger partial charge in [-0.05, 0) is 24.6 Å². The molecule has 3 N–H and O–H groups in total. The van der Waals surface area contributed by atoms with Crippen LogP contribution in [0, 0.1) is 10.1 Å². The van der Waals surface area contributed by atoms with Crippen LogP contribution < -0.4 is 16.9 Å². The molecule has 2 heterocycles. The number of nitro benzene ring substituents is 1. The summed E-state index contributed by atoms with van der Waals surface area (Å²) >= 11 is 0. The molecule has 28 heavy (non-hydrogen) atoms. The van der Waals surface area contributed by atoms with Crippen LogP contribution in [0.1, 0.15) is 12.5 Å². The summed E-state index contributed by atoms with van der Waals surface area (Å²) in [5.41, 5.74) is 4.45. The van der Waals surface area contributed by atoms with E-state index in [-0.39, 0.29) is 35.6 Å². The van der Waals surface area contributed by atoms with E-state index in [1.165, 1.54) is 10.6 Å². The molecule has 0 atom stereocenters. The number of H-pyrrole nitrogens is 1. The minimum Gasteiger partial charge on any atom is -0.465 e. The Morgan fingerprint density at radius 3 is 2.71 bits per heavy atom. The van der Waals surface area contributed by atoms with E-state index in [9.17, 15) is 24.5 Å². The van der Waals surface area contributed by atoms with Gasteiger partial charge in [0.2, 0.25) is 0 Å². The topological polar surface area (TPSA) is 155 Å². The van der Waals surface area contributed by atoms with Crippen molar-refractivity contribution in [3.05, 3.63) is 67.0 Å². The molecule has 3 aromatic rings. The average molecular weight is 387 g/mol. The first kappa shape index (κ1) is 19.0. The van der Waals surface area contributed by atoms with Crippen LogP contribution in [-0.4, -0.2) is 31.6 Å².